The zero-order valence-corrected chi connectivity index (χ0v) is 5.61. The van der Waals surface area contributed by atoms with Gasteiger partial charge in [-0.15, -0.1) is 0 Å². The molecule has 2 heterocycles. The van der Waals surface area contributed by atoms with Gasteiger partial charge in [0.1, 0.15) is 6.33 Å². The Bertz CT molecular complexity index is 360. The van der Waals surface area contributed by atoms with E-state index in [1.807, 2.05) is 0 Å². The third kappa shape index (κ3) is 0.881. The van der Waals surface area contributed by atoms with Crippen LogP contribution >= 0.6 is 0 Å². The van der Waals surface area contributed by atoms with Crippen molar-refractivity contribution in [2.75, 3.05) is 0 Å². The molecule has 0 saturated heterocycles. The molecule has 0 amide bonds. The van der Waals surface area contributed by atoms with Crippen LogP contribution in [0.25, 0.3) is 11.0 Å². The van der Waals surface area contributed by atoms with Gasteiger partial charge in [0.15, 0.2) is 6.29 Å². The van der Waals surface area contributed by atoms with Gasteiger partial charge in [0.2, 0.25) is 0 Å². The zero-order chi connectivity index (χ0) is 7.68. The molecular weight excluding hydrogens is 142 g/mol. The van der Waals surface area contributed by atoms with E-state index in [2.05, 4.69) is 15.0 Å². The summed E-state index contributed by atoms with van der Waals surface area (Å²) in [6.45, 7) is 0. The summed E-state index contributed by atoms with van der Waals surface area (Å²) in [6, 6.07) is 1.68. The topological polar surface area (TPSA) is 58.6 Å². The Hall–Kier alpha value is -1.71. The molecule has 0 saturated carbocycles. The predicted molar refractivity (Wildman–Crippen MR) is 39.3 cm³/mol. The number of carbonyl (C=O) groups is 1. The molecule has 2 aromatic rings. The Labute approximate surface area is 62.3 Å². The summed E-state index contributed by atoms with van der Waals surface area (Å²) >= 11 is 0. The average Bonchev–Trinajstić information content (AvgIpc) is 2.46. The minimum Gasteiger partial charge on any atom is -0.350 e. The summed E-state index contributed by atoms with van der Waals surface area (Å²) in [7, 11) is 0. The van der Waals surface area contributed by atoms with Crippen LogP contribution < -0.4 is 0 Å². The molecule has 11 heavy (non-hydrogen) atoms. The predicted octanol–water partition coefficient (Wildman–Crippen LogP) is 0.770. The highest BCUT2D eigenvalue weighted by Gasteiger charge is 1.98. The maximum atomic E-state index is 10.3. The smallest absolute Gasteiger partial charge is 0.166 e. The maximum Gasteiger partial charge on any atom is 0.166 e. The van der Waals surface area contributed by atoms with Crippen LogP contribution in [0.1, 0.15) is 10.5 Å². The van der Waals surface area contributed by atoms with E-state index in [-0.39, 0.29) is 0 Å². The number of aldehydes is 1. The lowest BCUT2D eigenvalue weighted by atomic mass is 10.4. The first-order valence-electron chi connectivity index (χ1n) is 3.14. The van der Waals surface area contributed by atoms with Crippen molar-refractivity contribution < 1.29 is 4.79 Å². The number of nitrogens with one attached hydrogen (secondary N) is 1. The molecule has 0 bridgehead atoms. The third-order valence-electron chi connectivity index (χ3n) is 1.44. The molecule has 2 rings (SSSR count). The van der Waals surface area contributed by atoms with Crippen LogP contribution in [0.4, 0.5) is 0 Å². The lowest BCUT2D eigenvalue weighted by molar-refractivity contribution is 0.112. The molecule has 2 aromatic heterocycles. The van der Waals surface area contributed by atoms with Crippen LogP contribution in [0.2, 0.25) is 0 Å². The molecule has 0 aromatic carbocycles. The Kier molecular flexibility index (Phi) is 1.18. The number of rotatable bonds is 1. The molecule has 0 aliphatic rings. The van der Waals surface area contributed by atoms with Gasteiger partial charge < -0.3 is 4.98 Å². The molecule has 0 fully saturated rings. The first kappa shape index (κ1) is 6.03. The SMILES string of the molecule is O=Cc1cc2ncncc2[nH]1. The quantitative estimate of drug-likeness (QED) is 0.606. The lowest BCUT2D eigenvalue weighted by Gasteiger charge is -1.82. The van der Waals surface area contributed by atoms with E-state index in [0.717, 1.165) is 17.3 Å². The van der Waals surface area contributed by atoms with Gasteiger partial charge in [-0.1, -0.05) is 0 Å². The molecular formula is C7H5N3O. The molecule has 0 aliphatic carbocycles. The molecule has 0 aliphatic heterocycles. The van der Waals surface area contributed by atoms with Crippen molar-refractivity contribution in [1.29, 1.82) is 0 Å². The van der Waals surface area contributed by atoms with Gasteiger partial charge >= 0.3 is 0 Å². The van der Waals surface area contributed by atoms with Crippen LogP contribution in [0, 0.1) is 0 Å². The Morgan fingerprint density at radius 1 is 1.55 bits per heavy atom. The Morgan fingerprint density at radius 2 is 2.45 bits per heavy atom. The first-order chi connectivity index (χ1) is 5.40. The van der Waals surface area contributed by atoms with Gasteiger partial charge in [-0.25, -0.2) is 9.97 Å². The minimum absolute atomic E-state index is 0.528. The number of aromatic nitrogens is 3. The molecule has 1 N–H and O–H groups in total. The fraction of sp³-hybridized carbons (Fsp3) is 0. The van der Waals surface area contributed by atoms with E-state index in [0.29, 0.717) is 5.69 Å². The largest absolute Gasteiger partial charge is 0.350 e. The zero-order valence-electron chi connectivity index (χ0n) is 5.61. The van der Waals surface area contributed by atoms with E-state index in [1.165, 1.54) is 6.33 Å². The van der Waals surface area contributed by atoms with Gasteiger partial charge in [-0.2, -0.15) is 0 Å². The van der Waals surface area contributed by atoms with E-state index in [1.54, 1.807) is 12.3 Å². The summed E-state index contributed by atoms with van der Waals surface area (Å²) in [6.07, 6.45) is 3.84. The highest BCUT2D eigenvalue weighted by atomic mass is 16.1. The molecule has 54 valence electrons. The maximum absolute atomic E-state index is 10.3. The van der Waals surface area contributed by atoms with Crippen LogP contribution in [-0.2, 0) is 0 Å². The van der Waals surface area contributed by atoms with Gasteiger partial charge in [0, 0.05) is 0 Å². The Balaban J connectivity index is 2.78. The number of hydrogen-bond acceptors (Lipinski definition) is 3. The molecule has 4 heteroatoms. The minimum atomic E-state index is 0.528. The number of nitrogens with zero attached hydrogens (tertiary/aromatic N) is 2. The summed E-state index contributed by atoms with van der Waals surface area (Å²) < 4.78 is 0. The van der Waals surface area contributed by atoms with Crippen LogP contribution in [0.3, 0.4) is 0 Å². The van der Waals surface area contributed by atoms with Crippen molar-refractivity contribution in [3.63, 3.8) is 0 Å². The van der Waals surface area contributed by atoms with Gasteiger partial charge in [0.25, 0.3) is 0 Å². The second-order valence-corrected chi connectivity index (χ2v) is 2.16. The number of H-pyrrole nitrogens is 1. The molecule has 0 radical (unpaired) electrons. The number of fused-ring (bicyclic) bond motifs is 1. The van der Waals surface area contributed by atoms with E-state index in [4.69, 9.17) is 0 Å². The fourth-order valence-electron chi connectivity index (χ4n) is 0.953. The average molecular weight is 147 g/mol. The fourth-order valence-corrected chi connectivity index (χ4v) is 0.953. The van der Waals surface area contributed by atoms with Gasteiger partial charge in [-0.3, -0.25) is 4.79 Å². The van der Waals surface area contributed by atoms with Crippen molar-refractivity contribution in [1.82, 2.24) is 15.0 Å². The summed E-state index contributed by atoms with van der Waals surface area (Å²) in [5, 5.41) is 0. The van der Waals surface area contributed by atoms with E-state index in [9.17, 15) is 4.79 Å². The van der Waals surface area contributed by atoms with Crippen LogP contribution in [0.5, 0.6) is 0 Å². The highest BCUT2D eigenvalue weighted by Crippen LogP contribution is 2.08. The van der Waals surface area contributed by atoms with Crippen LogP contribution in [-0.4, -0.2) is 21.2 Å². The van der Waals surface area contributed by atoms with Gasteiger partial charge in [-0.05, 0) is 6.07 Å². The summed E-state index contributed by atoms with van der Waals surface area (Å²) in [4.78, 5) is 20.9. The van der Waals surface area contributed by atoms with E-state index < -0.39 is 0 Å². The third-order valence-corrected chi connectivity index (χ3v) is 1.44. The monoisotopic (exact) mass is 147 g/mol. The van der Waals surface area contributed by atoms with Gasteiger partial charge in [0.05, 0.1) is 22.9 Å². The standard InChI is InChI=1S/C7H5N3O/c11-3-5-1-6-7(10-5)2-8-4-9-6/h1-4,10H. The second kappa shape index (κ2) is 2.16. The number of aromatic amines is 1. The highest BCUT2D eigenvalue weighted by molar-refractivity contribution is 5.84. The van der Waals surface area contributed by atoms with Crippen molar-refractivity contribution >= 4 is 17.3 Å². The summed E-state index contributed by atoms with van der Waals surface area (Å²) in [5.41, 5.74) is 2.08. The normalized spacial score (nSPS) is 10.2. The van der Waals surface area contributed by atoms with Crippen molar-refractivity contribution in [3.05, 3.63) is 24.3 Å². The molecule has 0 unspecified atom stereocenters. The first-order valence-corrected chi connectivity index (χ1v) is 3.14. The van der Waals surface area contributed by atoms with Crippen LogP contribution in [0.15, 0.2) is 18.6 Å². The lowest BCUT2D eigenvalue weighted by Crippen LogP contribution is -1.76. The van der Waals surface area contributed by atoms with Crippen molar-refractivity contribution in [2.24, 2.45) is 0 Å². The van der Waals surface area contributed by atoms with E-state index >= 15 is 0 Å². The molecule has 0 atom stereocenters. The van der Waals surface area contributed by atoms with Crippen molar-refractivity contribution in [2.45, 2.75) is 0 Å². The molecule has 4 nitrogen and oxygen atoms in total. The Morgan fingerprint density at radius 3 is 3.18 bits per heavy atom. The molecule has 0 spiro atoms. The van der Waals surface area contributed by atoms with Crippen molar-refractivity contribution in [3.8, 4) is 0 Å². The number of hydrogen-bond donors (Lipinski definition) is 1. The number of carbonyl (C=O) groups excluding carboxylic acids is 1. The second-order valence-electron chi connectivity index (χ2n) is 2.16. The summed E-state index contributed by atoms with van der Waals surface area (Å²) in [5.74, 6) is 0.